The number of fused-ring (bicyclic) bond motifs is 1. The number of aryl methyl sites for hydroxylation is 1. The molecule has 3 aromatic rings. The van der Waals surface area contributed by atoms with Crippen LogP contribution in [0, 0.1) is 11.3 Å². The number of aromatic nitrogens is 1. The third-order valence-electron chi connectivity index (χ3n) is 3.31. The Labute approximate surface area is 123 Å². The molecule has 104 valence electrons. The van der Waals surface area contributed by atoms with Gasteiger partial charge in [0.25, 0.3) is 0 Å². The number of hydrogen-bond acceptors (Lipinski definition) is 4. The number of nitrogens with zero attached hydrogens (tertiary/aromatic N) is 2. The summed E-state index contributed by atoms with van der Waals surface area (Å²) >= 11 is 0. The Balaban J connectivity index is 1.73. The monoisotopic (exact) mass is 277 g/mol. The van der Waals surface area contributed by atoms with Crippen molar-refractivity contribution in [1.82, 2.24) is 4.98 Å². The first-order chi connectivity index (χ1) is 10.3. The van der Waals surface area contributed by atoms with Gasteiger partial charge in [-0.3, -0.25) is 0 Å². The van der Waals surface area contributed by atoms with E-state index in [4.69, 9.17) is 9.68 Å². The fourth-order valence-corrected chi connectivity index (χ4v) is 2.14. The zero-order valence-corrected chi connectivity index (χ0v) is 11.8. The maximum Gasteiger partial charge on any atom is 0.195 e. The van der Waals surface area contributed by atoms with Crippen LogP contribution >= 0.6 is 0 Å². The lowest BCUT2D eigenvalue weighted by atomic mass is 10.1. The van der Waals surface area contributed by atoms with Crippen LogP contribution in [0.5, 0.6) is 0 Å². The molecule has 3 rings (SSSR count). The highest BCUT2D eigenvalue weighted by molar-refractivity contribution is 5.77. The van der Waals surface area contributed by atoms with Gasteiger partial charge in [-0.05, 0) is 35.9 Å². The van der Waals surface area contributed by atoms with Crippen molar-refractivity contribution in [2.24, 2.45) is 0 Å². The number of nitrogens with one attached hydrogen (secondary N) is 1. The zero-order valence-electron chi connectivity index (χ0n) is 11.8. The quantitative estimate of drug-likeness (QED) is 0.786. The number of benzene rings is 2. The maximum absolute atomic E-state index is 8.78. The number of oxazole rings is 1. The summed E-state index contributed by atoms with van der Waals surface area (Å²) in [4.78, 5) is 4.43. The molecule has 0 spiro atoms. The molecule has 0 bridgehead atoms. The molecule has 1 N–H and O–H groups in total. The van der Waals surface area contributed by atoms with Gasteiger partial charge in [0.05, 0.1) is 11.6 Å². The van der Waals surface area contributed by atoms with Crippen LogP contribution in [-0.4, -0.2) is 4.98 Å². The van der Waals surface area contributed by atoms with E-state index in [-0.39, 0.29) is 0 Å². The first-order valence-corrected chi connectivity index (χ1v) is 6.91. The summed E-state index contributed by atoms with van der Waals surface area (Å²) in [5.74, 6) is 0.759. The molecule has 0 saturated carbocycles. The summed E-state index contributed by atoms with van der Waals surface area (Å²) in [6.45, 7) is 2.73. The lowest BCUT2D eigenvalue weighted by molar-refractivity contribution is 0.538. The minimum absolute atomic E-state index is 0.676. The Morgan fingerprint density at radius 1 is 1.19 bits per heavy atom. The molecule has 0 atom stereocenters. The van der Waals surface area contributed by atoms with Crippen molar-refractivity contribution >= 4 is 16.8 Å². The molecule has 0 radical (unpaired) electrons. The van der Waals surface area contributed by atoms with Gasteiger partial charge in [0.2, 0.25) is 0 Å². The fraction of sp³-hybridized carbons (Fsp3) is 0.176. The molecule has 0 aliphatic rings. The lowest BCUT2D eigenvalue weighted by Gasteiger charge is -2.06. The fourth-order valence-electron chi connectivity index (χ4n) is 2.14. The number of rotatable bonds is 4. The van der Waals surface area contributed by atoms with Crippen molar-refractivity contribution in [2.45, 2.75) is 19.9 Å². The maximum atomic E-state index is 8.78. The molecule has 0 saturated heterocycles. The van der Waals surface area contributed by atoms with E-state index in [0.29, 0.717) is 12.1 Å². The minimum Gasteiger partial charge on any atom is -0.441 e. The molecular formula is C17H15N3O. The van der Waals surface area contributed by atoms with Gasteiger partial charge < -0.3 is 9.73 Å². The summed E-state index contributed by atoms with van der Waals surface area (Å²) in [6, 6.07) is 15.6. The van der Waals surface area contributed by atoms with Crippen LogP contribution in [0.2, 0.25) is 0 Å². The number of hydrogen-bond donors (Lipinski definition) is 1. The summed E-state index contributed by atoms with van der Waals surface area (Å²) in [7, 11) is 0. The Morgan fingerprint density at radius 2 is 2.00 bits per heavy atom. The Kier molecular flexibility index (Phi) is 3.57. The molecular weight excluding hydrogens is 262 g/mol. The van der Waals surface area contributed by atoms with E-state index in [1.807, 2.05) is 49.4 Å². The molecule has 0 amide bonds. The second-order valence-corrected chi connectivity index (χ2v) is 4.81. The van der Waals surface area contributed by atoms with Gasteiger partial charge in [-0.2, -0.15) is 5.26 Å². The van der Waals surface area contributed by atoms with Crippen molar-refractivity contribution in [2.75, 3.05) is 5.32 Å². The molecule has 0 unspecified atom stereocenters. The average molecular weight is 277 g/mol. The Hall–Kier alpha value is -2.80. The van der Waals surface area contributed by atoms with Gasteiger partial charge in [0.15, 0.2) is 11.5 Å². The van der Waals surface area contributed by atoms with E-state index >= 15 is 0 Å². The second kappa shape index (κ2) is 5.68. The highest BCUT2D eigenvalue weighted by Crippen LogP contribution is 2.20. The van der Waals surface area contributed by atoms with Crippen molar-refractivity contribution in [3.63, 3.8) is 0 Å². The third-order valence-corrected chi connectivity index (χ3v) is 3.31. The van der Waals surface area contributed by atoms with Crippen LogP contribution in [0.4, 0.5) is 5.69 Å². The van der Waals surface area contributed by atoms with Crippen molar-refractivity contribution in [1.29, 1.82) is 5.26 Å². The van der Waals surface area contributed by atoms with Gasteiger partial charge in [-0.1, -0.05) is 19.1 Å². The molecule has 4 nitrogen and oxygen atoms in total. The predicted molar refractivity (Wildman–Crippen MR) is 81.9 cm³/mol. The molecule has 2 aromatic carbocycles. The molecule has 21 heavy (non-hydrogen) atoms. The third kappa shape index (κ3) is 2.87. The van der Waals surface area contributed by atoms with Crippen LogP contribution in [0.3, 0.4) is 0 Å². The van der Waals surface area contributed by atoms with Crippen LogP contribution in [-0.2, 0) is 13.0 Å². The average Bonchev–Trinajstić information content (AvgIpc) is 2.95. The number of anilines is 1. The topological polar surface area (TPSA) is 61.9 Å². The van der Waals surface area contributed by atoms with Crippen LogP contribution in [0.25, 0.3) is 11.1 Å². The molecule has 4 heteroatoms. The van der Waals surface area contributed by atoms with Gasteiger partial charge in [0, 0.05) is 18.7 Å². The summed E-state index contributed by atoms with van der Waals surface area (Å²) < 4.78 is 5.59. The first kappa shape index (κ1) is 13.2. The van der Waals surface area contributed by atoms with E-state index in [9.17, 15) is 0 Å². The molecule has 0 aliphatic heterocycles. The molecule has 1 heterocycles. The summed E-state index contributed by atoms with van der Waals surface area (Å²) in [5.41, 5.74) is 4.49. The zero-order chi connectivity index (χ0) is 14.7. The van der Waals surface area contributed by atoms with Crippen molar-refractivity contribution < 1.29 is 4.42 Å². The van der Waals surface area contributed by atoms with E-state index in [1.165, 1.54) is 0 Å². The molecule has 0 aliphatic carbocycles. The Morgan fingerprint density at radius 3 is 2.71 bits per heavy atom. The highest BCUT2D eigenvalue weighted by atomic mass is 16.3. The molecule has 0 fully saturated rings. The highest BCUT2D eigenvalue weighted by Gasteiger charge is 2.04. The van der Waals surface area contributed by atoms with Crippen molar-refractivity contribution in [3.8, 4) is 6.07 Å². The lowest BCUT2D eigenvalue weighted by Crippen LogP contribution is -1.99. The SMILES string of the molecule is CCc1nc2cc(NCc3ccc(C#N)cc3)ccc2o1. The van der Waals surface area contributed by atoms with E-state index in [2.05, 4.69) is 16.4 Å². The van der Waals surface area contributed by atoms with E-state index in [1.54, 1.807) is 0 Å². The first-order valence-electron chi connectivity index (χ1n) is 6.91. The van der Waals surface area contributed by atoms with Crippen LogP contribution in [0.15, 0.2) is 46.9 Å². The Bertz CT molecular complexity index is 797. The molecule has 1 aromatic heterocycles. The van der Waals surface area contributed by atoms with Crippen molar-refractivity contribution in [3.05, 3.63) is 59.5 Å². The predicted octanol–water partition coefficient (Wildman–Crippen LogP) is 3.87. The smallest absolute Gasteiger partial charge is 0.195 e. The van der Waals surface area contributed by atoms with Gasteiger partial charge in [-0.25, -0.2) is 4.98 Å². The standard InChI is InChI=1S/C17H15N3O/c1-2-17-20-15-9-14(7-8-16(15)21-17)19-11-13-5-3-12(10-18)4-6-13/h3-9,19H,2,11H2,1H3. The second-order valence-electron chi connectivity index (χ2n) is 4.81. The summed E-state index contributed by atoms with van der Waals surface area (Å²) in [6.07, 6.45) is 0.794. The van der Waals surface area contributed by atoms with E-state index < -0.39 is 0 Å². The van der Waals surface area contributed by atoms with Gasteiger partial charge in [0.1, 0.15) is 5.52 Å². The van der Waals surface area contributed by atoms with Crippen LogP contribution in [0.1, 0.15) is 23.9 Å². The normalized spacial score (nSPS) is 10.5. The van der Waals surface area contributed by atoms with Gasteiger partial charge in [-0.15, -0.1) is 0 Å². The van der Waals surface area contributed by atoms with E-state index in [0.717, 1.165) is 34.7 Å². The minimum atomic E-state index is 0.676. The van der Waals surface area contributed by atoms with Crippen LogP contribution < -0.4 is 5.32 Å². The summed E-state index contributed by atoms with van der Waals surface area (Å²) in [5, 5.41) is 12.1. The number of nitriles is 1. The van der Waals surface area contributed by atoms with Gasteiger partial charge >= 0.3 is 0 Å². The largest absolute Gasteiger partial charge is 0.441 e.